The number of carboxylic acid groups (broad SMARTS) is 1. The smallest absolute Gasteiger partial charge is 0.308 e. The molecule has 0 bridgehead atoms. The number of carbonyl (C=O) groups excluding carboxylic acids is 1. The molecule has 2 unspecified atom stereocenters. The fraction of sp³-hybridized carbons (Fsp3) is 0.571. The molecule has 1 fully saturated rings. The van der Waals surface area contributed by atoms with Crippen LogP contribution in [0.25, 0.3) is 0 Å². The molecule has 1 aromatic heterocycles. The molecule has 5 heteroatoms. The van der Waals surface area contributed by atoms with E-state index < -0.39 is 11.9 Å². The first-order valence-corrected chi connectivity index (χ1v) is 7.29. The van der Waals surface area contributed by atoms with Crippen molar-refractivity contribution in [2.45, 2.75) is 27.2 Å². The summed E-state index contributed by atoms with van der Waals surface area (Å²) in [4.78, 5) is 27.1. The molecule has 1 N–H and O–H groups in total. The normalized spacial score (nSPS) is 23.4. The van der Waals surface area contributed by atoms with Crippen LogP contribution < -0.4 is 0 Å². The predicted octanol–water partition coefficient (Wildman–Crippen LogP) is 2.55. The van der Waals surface area contributed by atoms with Gasteiger partial charge in [0.1, 0.15) is 0 Å². The minimum Gasteiger partial charge on any atom is -0.481 e. The molecule has 2 heterocycles. The van der Waals surface area contributed by atoms with Crippen molar-refractivity contribution in [1.29, 1.82) is 0 Å². The van der Waals surface area contributed by atoms with E-state index in [1.807, 2.05) is 26.8 Å². The average molecular weight is 281 g/mol. The summed E-state index contributed by atoms with van der Waals surface area (Å²) in [5.74, 6) is -1.03. The lowest BCUT2D eigenvalue weighted by Crippen LogP contribution is -2.45. The van der Waals surface area contributed by atoms with E-state index in [-0.39, 0.29) is 11.8 Å². The molecule has 1 aliphatic rings. The minimum atomic E-state index is -0.803. The summed E-state index contributed by atoms with van der Waals surface area (Å²) < 4.78 is 0. The Morgan fingerprint density at radius 1 is 1.37 bits per heavy atom. The molecule has 0 radical (unpaired) electrons. The van der Waals surface area contributed by atoms with Crippen molar-refractivity contribution >= 4 is 23.2 Å². The third-order valence-electron chi connectivity index (χ3n) is 3.67. The third-order valence-corrected chi connectivity index (χ3v) is 4.81. The maximum absolute atomic E-state index is 12.4. The molecule has 19 heavy (non-hydrogen) atoms. The molecule has 1 aliphatic heterocycles. The number of thiophene rings is 1. The highest BCUT2D eigenvalue weighted by molar-refractivity contribution is 7.14. The van der Waals surface area contributed by atoms with Gasteiger partial charge in [0.25, 0.3) is 5.91 Å². The number of rotatable bonds is 2. The van der Waals surface area contributed by atoms with Crippen LogP contribution in [0.1, 0.15) is 33.5 Å². The molecule has 0 spiro atoms. The summed E-state index contributed by atoms with van der Waals surface area (Å²) in [6.45, 7) is 6.96. The average Bonchev–Trinajstić information content (AvgIpc) is 2.68. The zero-order chi connectivity index (χ0) is 14.2. The Balaban J connectivity index is 2.16. The van der Waals surface area contributed by atoms with E-state index in [1.54, 1.807) is 4.90 Å². The van der Waals surface area contributed by atoms with E-state index >= 15 is 0 Å². The van der Waals surface area contributed by atoms with Crippen molar-refractivity contribution in [2.75, 3.05) is 13.1 Å². The van der Waals surface area contributed by atoms with Gasteiger partial charge in [0.2, 0.25) is 0 Å². The molecule has 0 aliphatic carbocycles. The van der Waals surface area contributed by atoms with Crippen LogP contribution in [0.3, 0.4) is 0 Å². The van der Waals surface area contributed by atoms with Crippen LogP contribution in [0, 0.1) is 25.7 Å². The van der Waals surface area contributed by atoms with Crippen molar-refractivity contribution in [2.24, 2.45) is 11.8 Å². The standard InChI is InChI=1S/C14H19NO3S/c1-8-4-11(14(17)18)7-15(6-8)13(16)12-5-9(2)10(3)19-12/h5,8,11H,4,6-7H2,1-3H3,(H,17,18). The first kappa shape index (κ1) is 14.1. The first-order valence-electron chi connectivity index (χ1n) is 6.47. The summed E-state index contributed by atoms with van der Waals surface area (Å²) in [6, 6.07) is 1.90. The van der Waals surface area contributed by atoms with Gasteiger partial charge in [0, 0.05) is 18.0 Å². The van der Waals surface area contributed by atoms with Crippen LogP contribution in [-0.4, -0.2) is 35.0 Å². The van der Waals surface area contributed by atoms with E-state index in [4.69, 9.17) is 5.11 Å². The van der Waals surface area contributed by atoms with Crippen LogP contribution >= 0.6 is 11.3 Å². The van der Waals surface area contributed by atoms with Gasteiger partial charge in [-0.2, -0.15) is 0 Å². The van der Waals surface area contributed by atoms with Gasteiger partial charge in [-0.15, -0.1) is 11.3 Å². The number of aliphatic carboxylic acids is 1. The Labute approximate surface area is 117 Å². The molecule has 2 rings (SSSR count). The quantitative estimate of drug-likeness (QED) is 0.906. The Hall–Kier alpha value is -1.36. The fourth-order valence-corrected chi connectivity index (χ4v) is 3.53. The zero-order valence-corrected chi connectivity index (χ0v) is 12.3. The van der Waals surface area contributed by atoms with Crippen molar-refractivity contribution < 1.29 is 14.7 Å². The second kappa shape index (κ2) is 5.33. The van der Waals surface area contributed by atoms with Gasteiger partial charge in [0.15, 0.2) is 0 Å². The summed E-state index contributed by atoms with van der Waals surface area (Å²) >= 11 is 1.49. The maximum Gasteiger partial charge on any atom is 0.308 e. The van der Waals surface area contributed by atoms with Crippen molar-refractivity contribution in [3.8, 4) is 0 Å². The number of carbonyl (C=O) groups is 2. The van der Waals surface area contributed by atoms with Gasteiger partial charge in [-0.05, 0) is 37.8 Å². The fourth-order valence-electron chi connectivity index (χ4n) is 2.53. The zero-order valence-electron chi connectivity index (χ0n) is 11.5. The number of nitrogens with zero attached hydrogens (tertiary/aromatic N) is 1. The van der Waals surface area contributed by atoms with Crippen LogP contribution in [0.2, 0.25) is 0 Å². The van der Waals surface area contributed by atoms with Crippen LogP contribution in [0.15, 0.2) is 6.07 Å². The Morgan fingerprint density at radius 2 is 2.05 bits per heavy atom. The summed E-state index contributed by atoms with van der Waals surface area (Å²) in [7, 11) is 0. The van der Waals surface area contributed by atoms with Gasteiger partial charge < -0.3 is 10.0 Å². The topological polar surface area (TPSA) is 57.6 Å². The highest BCUT2D eigenvalue weighted by atomic mass is 32.1. The van der Waals surface area contributed by atoms with Crippen molar-refractivity contribution in [1.82, 2.24) is 4.90 Å². The largest absolute Gasteiger partial charge is 0.481 e. The molecule has 1 saturated heterocycles. The minimum absolute atomic E-state index is 0.0287. The van der Waals surface area contributed by atoms with E-state index in [2.05, 4.69) is 0 Å². The lowest BCUT2D eigenvalue weighted by Gasteiger charge is -2.34. The molecule has 104 valence electrons. The highest BCUT2D eigenvalue weighted by Gasteiger charge is 2.32. The van der Waals surface area contributed by atoms with Crippen molar-refractivity contribution in [3.05, 3.63) is 21.4 Å². The Kier molecular flexibility index (Phi) is 3.94. The Morgan fingerprint density at radius 3 is 2.58 bits per heavy atom. The molecule has 1 aromatic rings. The number of piperidine rings is 1. The van der Waals surface area contributed by atoms with E-state index in [1.165, 1.54) is 11.3 Å². The van der Waals surface area contributed by atoms with Gasteiger partial charge in [-0.3, -0.25) is 9.59 Å². The second-order valence-corrected chi connectivity index (χ2v) is 6.69. The maximum atomic E-state index is 12.4. The Bertz CT molecular complexity index is 489. The van der Waals surface area contributed by atoms with Gasteiger partial charge in [-0.1, -0.05) is 6.92 Å². The number of hydrogen-bond donors (Lipinski definition) is 1. The summed E-state index contributed by atoms with van der Waals surface area (Å²) in [6.07, 6.45) is 0.654. The monoisotopic (exact) mass is 281 g/mol. The van der Waals surface area contributed by atoms with Crippen LogP contribution in [0.4, 0.5) is 0 Å². The number of likely N-dealkylation sites (tertiary alicyclic amines) is 1. The molecular weight excluding hydrogens is 262 g/mol. The molecule has 0 aromatic carbocycles. The van der Waals surface area contributed by atoms with Gasteiger partial charge in [-0.25, -0.2) is 0 Å². The van der Waals surface area contributed by atoms with Gasteiger partial charge in [0.05, 0.1) is 10.8 Å². The predicted molar refractivity (Wildman–Crippen MR) is 74.6 cm³/mol. The lowest BCUT2D eigenvalue weighted by molar-refractivity contribution is -0.143. The van der Waals surface area contributed by atoms with E-state index in [9.17, 15) is 9.59 Å². The SMILES string of the molecule is Cc1cc(C(=O)N2CC(C)CC(C(=O)O)C2)sc1C. The molecule has 2 atom stereocenters. The molecule has 0 saturated carbocycles. The van der Waals surface area contributed by atoms with E-state index in [0.717, 1.165) is 10.4 Å². The lowest BCUT2D eigenvalue weighted by atomic mass is 9.90. The highest BCUT2D eigenvalue weighted by Crippen LogP contribution is 2.26. The van der Waals surface area contributed by atoms with Gasteiger partial charge >= 0.3 is 5.97 Å². The van der Waals surface area contributed by atoms with Crippen LogP contribution in [0.5, 0.6) is 0 Å². The number of aryl methyl sites for hydroxylation is 2. The number of carboxylic acids is 1. The first-order chi connectivity index (χ1) is 8.88. The summed E-state index contributed by atoms with van der Waals surface area (Å²) in [5.41, 5.74) is 1.12. The van der Waals surface area contributed by atoms with Crippen molar-refractivity contribution in [3.63, 3.8) is 0 Å². The third kappa shape index (κ3) is 2.97. The second-order valence-electron chi connectivity index (χ2n) is 5.44. The summed E-state index contributed by atoms with van der Waals surface area (Å²) in [5, 5.41) is 9.14. The number of hydrogen-bond acceptors (Lipinski definition) is 3. The molecular formula is C14H19NO3S. The number of amides is 1. The molecule has 4 nitrogen and oxygen atoms in total. The molecule has 1 amide bonds. The van der Waals surface area contributed by atoms with E-state index in [0.29, 0.717) is 24.4 Å². The van der Waals surface area contributed by atoms with Crippen LogP contribution in [-0.2, 0) is 4.79 Å².